The number of rotatable bonds is 2. The zero-order valence-electron chi connectivity index (χ0n) is 9.48. The molecule has 2 nitrogen and oxygen atoms in total. The van der Waals surface area contributed by atoms with E-state index in [9.17, 15) is 0 Å². The van der Waals surface area contributed by atoms with Gasteiger partial charge in [-0.25, -0.2) is 0 Å². The lowest BCUT2D eigenvalue weighted by Crippen LogP contribution is -2.25. The molecule has 0 bridgehead atoms. The second kappa shape index (κ2) is 4.30. The third-order valence-electron chi connectivity index (χ3n) is 3.32. The van der Waals surface area contributed by atoms with E-state index >= 15 is 0 Å². The van der Waals surface area contributed by atoms with Gasteiger partial charge >= 0.3 is 0 Å². The van der Waals surface area contributed by atoms with Gasteiger partial charge in [-0.2, -0.15) is 0 Å². The topological polar surface area (TPSA) is 12.5 Å². The van der Waals surface area contributed by atoms with Gasteiger partial charge in [0.25, 0.3) is 0 Å². The molecular weight excluding hydrogens is 198 g/mol. The molecule has 0 atom stereocenters. The maximum atomic E-state index is 5.75. The van der Waals surface area contributed by atoms with E-state index in [2.05, 4.69) is 23.1 Å². The van der Waals surface area contributed by atoms with Crippen LogP contribution in [0.2, 0.25) is 0 Å². The largest absolute Gasteiger partial charge is 0.489 e. The summed E-state index contributed by atoms with van der Waals surface area (Å²) in [4.78, 5) is 2.52. The maximum Gasteiger partial charge on any atom is 0.127 e. The van der Waals surface area contributed by atoms with E-state index in [-0.39, 0.29) is 0 Å². The monoisotopic (exact) mass is 215 g/mol. The van der Waals surface area contributed by atoms with Gasteiger partial charge in [0, 0.05) is 12.1 Å². The Morgan fingerprint density at radius 1 is 1.12 bits per heavy atom. The van der Waals surface area contributed by atoms with Crippen LogP contribution in [-0.4, -0.2) is 31.1 Å². The summed E-state index contributed by atoms with van der Waals surface area (Å²) in [5.74, 6) is 1.02. The molecular formula is C14H17NO. The Morgan fingerprint density at radius 3 is 2.81 bits per heavy atom. The van der Waals surface area contributed by atoms with Crippen LogP contribution in [0.15, 0.2) is 29.8 Å². The molecule has 84 valence electrons. The molecule has 3 rings (SSSR count). The fourth-order valence-electron chi connectivity index (χ4n) is 2.48. The first-order valence-electron chi connectivity index (χ1n) is 6.05. The lowest BCUT2D eigenvalue weighted by Gasteiger charge is -2.22. The molecule has 0 unspecified atom stereocenters. The van der Waals surface area contributed by atoms with Crippen LogP contribution in [0.1, 0.15) is 18.4 Å². The molecule has 16 heavy (non-hydrogen) atoms. The molecule has 1 fully saturated rings. The van der Waals surface area contributed by atoms with Gasteiger partial charge in [-0.1, -0.05) is 18.2 Å². The summed E-state index contributed by atoms with van der Waals surface area (Å²) in [5, 5.41) is 0. The van der Waals surface area contributed by atoms with Crippen LogP contribution in [0.3, 0.4) is 0 Å². The first-order chi connectivity index (χ1) is 7.92. The zero-order valence-corrected chi connectivity index (χ0v) is 9.48. The highest BCUT2D eigenvalue weighted by molar-refractivity contribution is 5.62. The second-order valence-electron chi connectivity index (χ2n) is 4.61. The molecule has 0 aliphatic carbocycles. The lowest BCUT2D eigenvalue weighted by molar-refractivity contribution is 0.310. The van der Waals surface area contributed by atoms with Crippen LogP contribution in [0.4, 0.5) is 0 Å². The minimum atomic E-state index is 0.757. The quantitative estimate of drug-likeness (QED) is 0.751. The summed E-state index contributed by atoms with van der Waals surface area (Å²) in [7, 11) is 0. The number of likely N-dealkylation sites (tertiary alicyclic amines) is 1. The van der Waals surface area contributed by atoms with Crippen LogP contribution >= 0.6 is 0 Å². The predicted octanol–water partition coefficient (Wildman–Crippen LogP) is 2.56. The van der Waals surface area contributed by atoms with Crippen molar-refractivity contribution in [2.24, 2.45) is 0 Å². The van der Waals surface area contributed by atoms with E-state index in [0.717, 1.165) is 18.9 Å². The Labute approximate surface area is 96.5 Å². The highest BCUT2D eigenvalue weighted by Crippen LogP contribution is 2.26. The van der Waals surface area contributed by atoms with Crippen LogP contribution in [-0.2, 0) is 0 Å². The van der Waals surface area contributed by atoms with Gasteiger partial charge in [-0.05, 0) is 43.6 Å². The summed E-state index contributed by atoms with van der Waals surface area (Å²) < 4.78 is 5.75. The number of nitrogens with zero attached hydrogens (tertiary/aromatic N) is 1. The number of para-hydroxylation sites is 1. The van der Waals surface area contributed by atoms with Crippen molar-refractivity contribution >= 4 is 6.08 Å². The first kappa shape index (κ1) is 9.91. The van der Waals surface area contributed by atoms with Gasteiger partial charge < -0.3 is 4.74 Å². The standard InChI is InChI=1S/C14H17NO/c1-2-6-14-13(5-1)9-12(11-16-14)10-15-7-3-4-8-15/h1-2,5-6,9H,3-4,7-8,10-11H2. The highest BCUT2D eigenvalue weighted by atomic mass is 16.5. The average molecular weight is 215 g/mol. The third kappa shape index (κ3) is 1.98. The minimum Gasteiger partial charge on any atom is -0.489 e. The van der Waals surface area contributed by atoms with Gasteiger partial charge in [0.1, 0.15) is 12.4 Å². The zero-order chi connectivity index (χ0) is 10.8. The summed E-state index contributed by atoms with van der Waals surface area (Å²) in [6.07, 6.45) is 4.99. The Hall–Kier alpha value is -1.28. The maximum absolute atomic E-state index is 5.75. The van der Waals surface area contributed by atoms with Gasteiger partial charge in [0.05, 0.1) is 0 Å². The molecule has 0 spiro atoms. The summed E-state index contributed by atoms with van der Waals surface area (Å²) in [5.41, 5.74) is 2.63. The molecule has 0 aromatic heterocycles. The highest BCUT2D eigenvalue weighted by Gasteiger charge is 2.16. The summed E-state index contributed by atoms with van der Waals surface area (Å²) in [6, 6.07) is 8.26. The molecule has 1 saturated heterocycles. The van der Waals surface area contributed by atoms with Gasteiger partial charge in [-0.3, -0.25) is 4.90 Å². The van der Waals surface area contributed by atoms with Crippen LogP contribution in [0.25, 0.3) is 6.08 Å². The minimum absolute atomic E-state index is 0.757. The molecule has 0 N–H and O–H groups in total. The second-order valence-corrected chi connectivity index (χ2v) is 4.61. The van der Waals surface area contributed by atoms with Crippen molar-refractivity contribution < 1.29 is 4.74 Å². The molecule has 2 aliphatic heterocycles. The van der Waals surface area contributed by atoms with Crippen molar-refractivity contribution in [1.82, 2.24) is 4.90 Å². The smallest absolute Gasteiger partial charge is 0.127 e. The summed E-state index contributed by atoms with van der Waals surface area (Å²) in [6.45, 7) is 4.33. The van der Waals surface area contributed by atoms with Crippen molar-refractivity contribution in [3.63, 3.8) is 0 Å². The van der Waals surface area contributed by atoms with E-state index in [1.807, 2.05) is 12.1 Å². The molecule has 0 saturated carbocycles. The van der Waals surface area contributed by atoms with Crippen molar-refractivity contribution in [3.05, 3.63) is 35.4 Å². The van der Waals surface area contributed by atoms with Crippen LogP contribution < -0.4 is 4.74 Å². The molecule has 1 aromatic carbocycles. The van der Waals surface area contributed by atoms with Crippen molar-refractivity contribution in [3.8, 4) is 5.75 Å². The van der Waals surface area contributed by atoms with Crippen LogP contribution in [0, 0.1) is 0 Å². The van der Waals surface area contributed by atoms with Crippen LogP contribution in [0.5, 0.6) is 5.75 Å². The van der Waals surface area contributed by atoms with Gasteiger partial charge in [-0.15, -0.1) is 0 Å². The molecule has 1 aromatic rings. The van der Waals surface area contributed by atoms with Gasteiger partial charge in [0.15, 0.2) is 0 Å². The predicted molar refractivity (Wildman–Crippen MR) is 65.6 cm³/mol. The Morgan fingerprint density at radius 2 is 1.94 bits per heavy atom. The van der Waals surface area contributed by atoms with E-state index in [0.29, 0.717) is 0 Å². The summed E-state index contributed by atoms with van der Waals surface area (Å²) >= 11 is 0. The van der Waals surface area contributed by atoms with Crippen molar-refractivity contribution in [1.29, 1.82) is 0 Å². The third-order valence-corrected chi connectivity index (χ3v) is 3.32. The Kier molecular flexibility index (Phi) is 2.66. The van der Waals surface area contributed by atoms with E-state index < -0.39 is 0 Å². The first-order valence-corrected chi connectivity index (χ1v) is 6.05. The SMILES string of the molecule is C1=C(CN2CCCC2)COc2ccccc21. The molecule has 2 aliphatic rings. The van der Waals surface area contributed by atoms with Gasteiger partial charge in [0.2, 0.25) is 0 Å². The fraction of sp³-hybridized carbons (Fsp3) is 0.429. The molecule has 2 heterocycles. The number of hydrogen-bond acceptors (Lipinski definition) is 2. The Bertz CT molecular complexity index is 405. The molecule has 0 radical (unpaired) electrons. The van der Waals surface area contributed by atoms with Crippen molar-refractivity contribution in [2.75, 3.05) is 26.2 Å². The molecule has 0 amide bonds. The number of fused-ring (bicyclic) bond motifs is 1. The molecule has 2 heteroatoms. The number of benzene rings is 1. The lowest BCUT2D eigenvalue weighted by atomic mass is 10.1. The number of ether oxygens (including phenoxy) is 1. The Balaban J connectivity index is 1.75. The number of hydrogen-bond donors (Lipinski definition) is 0. The normalized spacial score (nSPS) is 20.1. The van der Waals surface area contributed by atoms with E-state index in [1.54, 1.807) is 0 Å². The fourth-order valence-corrected chi connectivity index (χ4v) is 2.48. The van der Waals surface area contributed by atoms with Crippen molar-refractivity contribution in [2.45, 2.75) is 12.8 Å². The average Bonchev–Trinajstić information content (AvgIpc) is 2.82. The van der Waals surface area contributed by atoms with E-state index in [4.69, 9.17) is 4.74 Å². The van der Waals surface area contributed by atoms with E-state index in [1.165, 1.54) is 37.1 Å².